The van der Waals surface area contributed by atoms with Crippen molar-refractivity contribution in [3.8, 4) is 0 Å². The molecule has 0 amide bonds. The molecule has 0 aliphatic heterocycles. The molecule has 1 heterocycles. The number of halogens is 1. The van der Waals surface area contributed by atoms with E-state index in [2.05, 4.69) is 52.2 Å². The van der Waals surface area contributed by atoms with Gasteiger partial charge < -0.3 is 5.32 Å². The van der Waals surface area contributed by atoms with Gasteiger partial charge in [0.1, 0.15) is 0 Å². The highest BCUT2D eigenvalue weighted by Gasteiger charge is 2.02. The van der Waals surface area contributed by atoms with Gasteiger partial charge in [-0.3, -0.25) is 0 Å². The van der Waals surface area contributed by atoms with Crippen molar-refractivity contribution >= 4 is 33.0 Å². The quantitative estimate of drug-likeness (QED) is 0.916. The van der Waals surface area contributed by atoms with Gasteiger partial charge in [-0.25, -0.2) is 4.98 Å². The van der Waals surface area contributed by atoms with E-state index in [1.54, 1.807) is 11.3 Å². The standard InChI is InChI=1S/C13H15BrN2S/c1-9-10(2)17-13(16-9)6-7-15-12-5-3-4-11(14)8-12/h3-5,8,15H,6-7H2,1-2H3. The first-order valence-corrected chi connectivity index (χ1v) is 7.18. The molecular formula is C13H15BrN2S. The number of anilines is 1. The fraction of sp³-hybridized carbons (Fsp3) is 0.308. The Bertz CT molecular complexity index is 488. The van der Waals surface area contributed by atoms with Crippen molar-refractivity contribution in [3.63, 3.8) is 0 Å². The van der Waals surface area contributed by atoms with Crippen LogP contribution in [0.2, 0.25) is 0 Å². The summed E-state index contributed by atoms with van der Waals surface area (Å²) >= 11 is 5.25. The molecule has 2 rings (SSSR count). The molecule has 2 nitrogen and oxygen atoms in total. The van der Waals surface area contributed by atoms with Gasteiger partial charge in [0, 0.05) is 28.0 Å². The summed E-state index contributed by atoms with van der Waals surface area (Å²) in [4.78, 5) is 5.85. The summed E-state index contributed by atoms with van der Waals surface area (Å²) in [5, 5.41) is 4.61. The first-order chi connectivity index (χ1) is 8.15. The van der Waals surface area contributed by atoms with E-state index in [-0.39, 0.29) is 0 Å². The van der Waals surface area contributed by atoms with Crippen LogP contribution in [-0.4, -0.2) is 11.5 Å². The molecule has 0 saturated carbocycles. The highest BCUT2D eigenvalue weighted by Crippen LogP contribution is 2.18. The molecule has 0 bridgehead atoms. The highest BCUT2D eigenvalue weighted by atomic mass is 79.9. The summed E-state index contributed by atoms with van der Waals surface area (Å²) in [6.45, 7) is 5.11. The molecule has 0 saturated heterocycles. The van der Waals surface area contributed by atoms with Crippen LogP contribution in [0.15, 0.2) is 28.7 Å². The lowest BCUT2D eigenvalue weighted by atomic mass is 10.3. The van der Waals surface area contributed by atoms with Crippen LogP contribution in [0.1, 0.15) is 15.6 Å². The number of hydrogen-bond donors (Lipinski definition) is 1. The second kappa shape index (κ2) is 5.65. The summed E-state index contributed by atoms with van der Waals surface area (Å²) in [6, 6.07) is 8.21. The maximum Gasteiger partial charge on any atom is 0.0948 e. The minimum Gasteiger partial charge on any atom is -0.385 e. The molecular weight excluding hydrogens is 296 g/mol. The predicted molar refractivity (Wildman–Crippen MR) is 77.9 cm³/mol. The van der Waals surface area contributed by atoms with Gasteiger partial charge in [0.15, 0.2) is 0 Å². The normalized spacial score (nSPS) is 10.5. The Hall–Kier alpha value is -0.870. The number of rotatable bonds is 4. The van der Waals surface area contributed by atoms with E-state index in [1.165, 1.54) is 9.88 Å². The van der Waals surface area contributed by atoms with E-state index in [0.717, 1.165) is 28.8 Å². The number of benzene rings is 1. The average molecular weight is 311 g/mol. The summed E-state index contributed by atoms with van der Waals surface area (Å²) in [5.74, 6) is 0. The van der Waals surface area contributed by atoms with Crippen molar-refractivity contribution in [2.45, 2.75) is 20.3 Å². The maximum absolute atomic E-state index is 4.53. The summed E-state index contributed by atoms with van der Waals surface area (Å²) in [7, 11) is 0. The Morgan fingerprint density at radius 2 is 2.18 bits per heavy atom. The van der Waals surface area contributed by atoms with Gasteiger partial charge in [-0.2, -0.15) is 0 Å². The van der Waals surface area contributed by atoms with Crippen molar-refractivity contribution in [1.82, 2.24) is 4.98 Å². The number of hydrogen-bond acceptors (Lipinski definition) is 3. The van der Waals surface area contributed by atoms with Crippen LogP contribution in [0.5, 0.6) is 0 Å². The number of nitrogens with one attached hydrogen (secondary N) is 1. The first-order valence-electron chi connectivity index (χ1n) is 5.57. The van der Waals surface area contributed by atoms with E-state index >= 15 is 0 Å². The molecule has 1 N–H and O–H groups in total. The second-order valence-electron chi connectivity index (χ2n) is 3.94. The van der Waals surface area contributed by atoms with Crippen molar-refractivity contribution in [1.29, 1.82) is 0 Å². The minimum absolute atomic E-state index is 0.919. The van der Waals surface area contributed by atoms with E-state index < -0.39 is 0 Å². The third-order valence-electron chi connectivity index (χ3n) is 2.57. The van der Waals surface area contributed by atoms with Crippen molar-refractivity contribution in [2.75, 3.05) is 11.9 Å². The molecule has 0 radical (unpaired) electrons. The topological polar surface area (TPSA) is 24.9 Å². The van der Waals surface area contributed by atoms with E-state index in [0.29, 0.717) is 0 Å². The number of nitrogens with zero attached hydrogens (tertiary/aromatic N) is 1. The SMILES string of the molecule is Cc1nc(CCNc2cccc(Br)c2)sc1C. The molecule has 1 aromatic heterocycles. The largest absolute Gasteiger partial charge is 0.385 e. The number of thiazole rings is 1. The fourth-order valence-electron chi connectivity index (χ4n) is 1.56. The Morgan fingerprint density at radius 3 is 2.82 bits per heavy atom. The zero-order valence-electron chi connectivity index (χ0n) is 9.96. The van der Waals surface area contributed by atoms with Crippen LogP contribution >= 0.6 is 27.3 Å². The second-order valence-corrected chi connectivity index (χ2v) is 6.14. The van der Waals surface area contributed by atoms with Gasteiger partial charge in [0.05, 0.1) is 10.7 Å². The average Bonchev–Trinajstić information content (AvgIpc) is 2.58. The van der Waals surface area contributed by atoms with Gasteiger partial charge in [-0.15, -0.1) is 11.3 Å². The van der Waals surface area contributed by atoms with E-state index in [9.17, 15) is 0 Å². The molecule has 0 aliphatic rings. The number of aryl methyl sites for hydroxylation is 2. The lowest BCUT2D eigenvalue weighted by Gasteiger charge is -2.04. The summed E-state index contributed by atoms with van der Waals surface area (Å²) < 4.78 is 1.10. The van der Waals surface area contributed by atoms with Crippen LogP contribution in [0.25, 0.3) is 0 Å². The van der Waals surface area contributed by atoms with Gasteiger partial charge in [0.25, 0.3) is 0 Å². The Labute approximate surface area is 114 Å². The van der Waals surface area contributed by atoms with Crippen LogP contribution in [0, 0.1) is 13.8 Å². The molecule has 1 aromatic carbocycles. The molecule has 2 aromatic rings. The maximum atomic E-state index is 4.53. The monoisotopic (exact) mass is 310 g/mol. The fourth-order valence-corrected chi connectivity index (χ4v) is 2.89. The summed E-state index contributed by atoms with van der Waals surface area (Å²) in [5.41, 5.74) is 2.30. The van der Waals surface area contributed by atoms with Gasteiger partial charge in [0.2, 0.25) is 0 Å². The van der Waals surface area contributed by atoms with Crippen LogP contribution in [0.4, 0.5) is 5.69 Å². The lowest BCUT2D eigenvalue weighted by Crippen LogP contribution is -2.04. The smallest absolute Gasteiger partial charge is 0.0948 e. The lowest BCUT2D eigenvalue weighted by molar-refractivity contribution is 0.985. The molecule has 90 valence electrons. The third-order valence-corrected chi connectivity index (χ3v) is 4.19. The zero-order chi connectivity index (χ0) is 12.3. The molecule has 4 heteroatoms. The highest BCUT2D eigenvalue weighted by molar-refractivity contribution is 9.10. The Morgan fingerprint density at radius 1 is 1.35 bits per heavy atom. The third kappa shape index (κ3) is 3.54. The molecule has 17 heavy (non-hydrogen) atoms. The van der Waals surface area contributed by atoms with Crippen molar-refractivity contribution < 1.29 is 0 Å². The summed E-state index contributed by atoms with van der Waals surface area (Å²) in [6.07, 6.45) is 0.978. The van der Waals surface area contributed by atoms with Crippen LogP contribution in [-0.2, 0) is 6.42 Å². The van der Waals surface area contributed by atoms with Gasteiger partial charge >= 0.3 is 0 Å². The molecule has 0 aliphatic carbocycles. The van der Waals surface area contributed by atoms with Gasteiger partial charge in [-0.1, -0.05) is 22.0 Å². The van der Waals surface area contributed by atoms with Crippen LogP contribution in [0.3, 0.4) is 0 Å². The van der Waals surface area contributed by atoms with Crippen molar-refractivity contribution in [3.05, 3.63) is 44.3 Å². The van der Waals surface area contributed by atoms with Gasteiger partial charge in [-0.05, 0) is 32.0 Å². The Balaban J connectivity index is 1.87. The molecule has 0 atom stereocenters. The van der Waals surface area contributed by atoms with E-state index in [4.69, 9.17) is 0 Å². The predicted octanol–water partition coefficient (Wildman–Crippen LogP) is 4.18. The molecule has 0 spiro atoms. The molecule has 0 fully saturated rings. The van der Waals surface area contributed by atoms with E-state index in [1.807, 2.05) is 12.1 Å². The first kappa shape index (κ1) is 12.6. The molecule has 0 unspecified atom stereocenters. The van der Waals surface area contributed by atoms with Crippen LogP contribution < -0.4 is 5.32 Å². The zero-order valence-corrected chi connectivity index (χ0v) is 12.4. The minimum atomic E-state index is 0.919. The Kier molecular flexibility index (Phi) is 4.18. The van der Waals surface area contributed by atoms with Crippen molar-refractivity contribution in [2.24, 2.45) is 0 Å². The number of aromatic nitrogens is 1.